The Balaban J connectivity index is 1.43. The molecule has 2 aliphatic rings. The van der Waals surface area contributed by atoms with Gasteiger partial charge in [-0.05, 0) is 69.8 Å². The zero-order valence-electron chi connectivity index (χ0n) is 24.5. The number of hydrogen-bond acceptors (Lipinski definition) is 2. The first-order chi connectivity index (χ1) is 21.5. The summed E-state index contributed by atoms with van der Waals surface area (Å²) in [5, 5.41) is 0. The van der Waals surface area contributed by atoms with Crippen molar-refractivity contribution in [1.29, 1.82) is 0 Å². The van der Waals surface area contributed by atoms with Gasteiger partial charge in [0.1, 0.15) is 0 Å². The molecule has 2 nitrogen and oxygen atoms in total. The van der Waals surface area contributed by atoms with Gasteiger partial charge in [-0.15, -0.1) is 0 Å². The molecule has 0 spiro atoms. The van der Waals surface area contributed by atoms with Crippen LogP contribution in [0.5, 0.6) is 0 Å². The fourth-order valence-corrected chi connectivity index (χ4v) is 8.66. The fourth-order valence-electron chi connectivity index (χ4n) is 7.50. The van der Waals surface area contributed by atoms with Gasteiger partial charge in [0.15, 0.2) is 0 Å². The quantitative estimate of drug-likeness (QED) is 0.182. The summed E-state index contributed by atoms with van der Waals surface area (Å²) in [4.78, 5) is 4.66. The minimum absolute atomic E-state index is 0.0723. The van der Waals surface area contributed by atoms with Crippen LogP contribution in [-0.2, 0) is 0 Å². The lowest BCUT2D eigenvalue weighted by Crippen LogP contribution is -2.23. The van der Waals surface area contributed by atoms with Crippen molar-refractivity contribution in [2.24, 2.45) is 0 Å². The van der Waals surface area contributed by atoms with Crippen molar-refractivity contribution in [3.63, 3.8) is 0 Å². The van der Waals surface area contributed by atoms with Gasteiger partial charge >= 0.3 is 0 Å². The van der Waals surface area contributed by atoms with Gasteiger partial charge in [-0.2, -0.15) is 0 Å². The summed E-state index contributed by atoms with van der Waals surface area (Å²) in [7, 11) is 4.35. The van der Waals surface area contributed by atoms with Crippen LogP contribution in [0.2, 0.25) is 0 Å². The number of nitrogens with zero attached hydrogens (tertiary/aromatic N) is 2. The zero-order valence-corrected chi connectivity index (χ0v) is 27.7. The number of rotatable bonds is 3. The van der Waals surface area contributed by atoms with E-state index in [-0.39, 0.29) is 11.8 Å². The monoisotopic (exact) mass is 696 g/mol. The van der Waals surface area contributed by atoms with E-state index in [2.05, 4.69) is 189 Å². The number of anilines is 4. The van der Waals surface area contributed by atoms with E-state index in [1.54, 1.807) is 0 Å². The Bertz CT molecular complexity index is 1820. The van der Waals surface area contributed by atoms with Crippen LogP contribution < -0.4 is 9.80 Å². The average Bonchev–Trinajstić information content (AvgIpc) is 3.06. The van der Waals surface area contributed by atoms with Crippen LogP contribution in [-0.4, -0.2) is 14.1 Å². The second-order valence-corrected chi connectivity index (χ2v) is 13.3. The minimum atomic E-state index is 0.0723. The van der Waals surface area contributed by atoms with Crippen molar-refractivity contribution in [3.8, 4) is 11.1 Å². The molecule has 0 N–H and O–H groups in total. The maximum atomic E-state index is 4.07. The summed E-state index contributed by atoms with van der Waals surface area (Å²) in [6.45, 7) is 0. The molecule has 0 bridgehead atoms. The third-order valence-corrected chi connectivity index (χ3v) is 10.7. The normalized spacial score (nSPS) is 14.1. The molecule has 8 rings (SSSR count). The Hall–Kier alpha value is -4.12. The summed E-state index contributed by atoms with van der Waals surface area (Å²) in [6.07, 6.45) is 0. The lowest BCUT2D eigenvalue weighted by molar-refractivity contribution is 0.916. The second kappa shape index (κ2) is 10.8. The van der Waals surface area contributed by atoms with Gasteiger partial charge < -0.3 is 9.80 Å². The van der Waals surface area contributed by atoms with E-state index in [1.807, 2.05) is 0 Å². The van der Waals surface area contributed by atoms with E-state index in [0.717, 1.165) is 8.95 Å². The molecule has 2 aliphatic heterocycles. The summed E-state index contributed by atoms with van der Waals surface area (Å²) in [5.41, 5.74) is 15.3. The second-order valence-electron chi connectivity index (χ2n) is 11.6. The first-order valence-electron chi connectivity index (χ1n) is 14.9. The van der Waals surface area contributed by atoms with Crippen LogP contribution in [0.4, 0.5) is 22.7 Å². The highest BCUT2D eigenvalue weighted by molar-refractivity contribution is 9.11. The van der Waals surface area contributed by atoms with E-state index in [9.17, 15) is 0 Å². The van der Waals surface area contributed by atoms with Gasteiger partial charge in [0.2, 0.25) is 0 Å². The van der Waals surface area contributed by atoms with Crippen molar-refractivity contribution < 1.29 is 0 Å². The Kier molecular flexibility index (Phi) is 6.73. The van der Waals surface area contributed by atoms with Gasteiger partial charge in [0, 0.05) is 68.8 Å². The number of para-hydroxylation sites is 4. The lowest BCUT2D eigenvalue weighted by atomic mass is 9.74. The Morgan fingerprint density at radius 1 is 0.364 bits per heavy atom. The van der Waals surface area contributed by atoms with Crippen LogP contribution in [0.1, 0.15) is 45.2 Å². The predicted molar refractivity (Wildman–Crippen MR) is 191 cm³/mol. The molecule has 0 saturated carbocycles. The van der Waals surface area contributed by atoms with E-state index in [4.69, 9.17) is 0 Å². The number of hydrogen-bond donors (Lipinski definition) is 0. The Morgan fingerprint density at radius 3 is 0.955 bits per heavy atom. The molecular weight excluding hydrogens is 668 g/mol. The molecule has 0 unspecified atom stereocenters. The highest BCUT2D eigenvalue weighted by atomic mass is 79.9. The highest BCUT2D eigenvalue weighted by Gasteiger charge is 2.35. The smallest absolute Gasteiger partial charge is 0.0450 e. The zero-order chi connectivity index (χ0) is 29.9. The number of benzene rings is 6. The van der Waals surface area contributed by atoms with E-state index < -0.39 is 0 Å². The van der Waals surface area contributed by atoms with Gasteiger partial charge in [-0.1, -0.05) is 129 Å². The number of fused-ring (bicyclic) bond motifs is 4. The van der Waals surface area contributed by atoms with Crippen LogP contribution in [0.3, 0.4) is 0 Å². The lowest BCUT2D eigenvalue weighted by Gasteiger charge is -2.38. The van der Waals surface area contributed by atoms with E-state index in [1.165, 1.54) is 67.3 Å². The molecule has 6 aromatic rings. The molecule has 44 heavy (non-hydrogen) atoms. The molecule has 0 radical (unpaired) electrons. The first kappa shape index (κ1) is 27.4. The summed E-state index contributed by atoms with van der Waals surface area (Å²) >= 11 is 8.14. The van der Waals surface area contributed by atoms with E-state index >= 15 is 0 Å². The summed E-state index contributed by atoms with van der Waals surface area (Å²) in [6, 6.07) is 48.8. The summed E-state index contributed by atoms with van der Waals surface area (Å²) in [5.74, 6) is 0.145. The molecule has 4 heteroatoms. The first-order valence-corrected chi connectivity index (χ1v) is 16.5. The molecule has 0 atom stereocenters. The van der Waals surface area contributed by atoms with Crippen LogP contribution in [0.25, 0.3) is 11.1 Å². The minimum Gasteiger partial charge on any atom is -0.344 e. The van der Waals surface area contributed by atoms with Crippen LogP contribution in [0.15, 0.2) is 142 Å². The molecule has 0 aromatic heterocycles. The topological polar surface area (TPSA) is 6.48 Å². The molecule has 0 saturated heterocycles. The fraction of sp³-hybridized carbons (Fsp3) is 0.100. The Labute approximate surface area is 275 Å². The van der Waals surface area contributed by atoms with Crippen LogP contribution >= 0.6 is 31.9 Å². The maximum absolute atomic E-state index is 4.07. The van der Waals surface area contributed by atoms with Crippen LogP contribution in [0, 0.1) is 0 Å². The van der Waals surface area contributed by atoms with E-state index in [0.29, 0.717) is 0 Å². The van der Waals surface area contributed by atoms with Gasteiger partial charge in [0.25, 0.3) is 0 Å². The largest absolute Gasteiger partial charge is 0.344 e. The molecule has 0 aliphatic carbocycles. The molecule has 0 amide bonds. The van der Waals surface area contributed by atoms with Crippen molar-refractivity contribution in [1.82, 2.24) is 0 Å². The van der Waals surface area contributed by atoms with Gasteiger partial charge in [0.05, 0.1) is 0 Å². The van der Waals surface area contributed by atoms with Gasteiger partial charge in [-0.25, -0.2) is 0 Å². The average molecular weight is 699 g/mol. The summed E-state index contributed by atoms with van der Waals surface area (Å²) < 4.78 is 2.18. The van der Waals surface area contributed by atoms with Crippen molar-refractivity contribution in [3.05, 3.63) is 176 Å². The van der Waals surface area contributed by atoms with Crippen molar-refractivity contribution in [2.45, 2.75) is 11.8 Å². The Morgan fingerprint density at radius 2 is 0.636 bits per heavy atom. The number of halogens is 2. The molecule has 214 valence electrons. The molecule has 6 aromatic carbocycles. The highest BCUT2D eigenvalue weighted by Crippen LogP contribution is 2.55. The van der Waals surface area contributed by atoms with Crippen molar-refractivity contribution in [2.75, 3.05) is 23.9 Å². The maximum Gasteiger partial charge on any atom is 0.0450 e. The molecule has 2 heterocycles. The predicted octanol–water partition coefficient (Wildman–Crippen LogP) is 11.4. The third kappa shape index (κ3) is 4.12. The van der Waals surface area contributed by atoms with Crippen molar-refractivity contribution >= 4 is 54.6 Å². The standard InChI is InChI=1S/C40H30Br2N2/c1-43-33-21-7-3-13-25(33)37(26-14-4-8-22-34(26)43)29-17-11-19-31(41)39(29)40-30(18-12-20-32(40)42)38-27-15-5-9-23-35(27)44(2)36-24-10-6-16-28(36)38/h3-24,37-38H,1-2H3. The van der Waals surface area contributed by atoms with Gasteiger partial charge in [-0.3, -0.25) is 0 Å². The SMILES string of the molecule is CN1c2ccccc2C(c2cccc(Br)c2-c2c(Br)cccc2C2c3ccccc3N(C)c3ccccc32)c2ccccc21. The molecule has 0 fully saturated rings. The third-order valence-electron chi connectivity index (χ3n) is 9.40. The molecular formula is C40H30Br2N2.